The molecule has 1 amide bonds. The van der Waals surface area contributed by atoms with Gasteiger partial charge >= 0.3 is 6.18 Å². The average Bonchev–Trinajstić information content (AvgIpc) is 3.20. The molecule has 2 aromatic carbocycles. The van der Waals surface area contributed by atoms with Gasteiger partial charge in [0.05, 0.1) is 5.56 Å². The van der Waals surface area contributed by atoms with Crippen LogP contribution in [-0.2, 0) is 16.3 Å². The third kappa shape index (κ3) is 4.03. The van der Waals surface area contributed by atoms with E-state index in [4.69, 9.17) is 14.2 Å². The molecule has 2 heterocycles. The SMILES string of the molecule is O=C(NCC1(c2ccc3c(c2)OCO3)CCOCC1)c1ccc(C(F)(F)F)cc1. The van der Waals surface area contributed by atoms with Crippen molar-refractivity contribution in [1.29, 1.82) is 0 Å². The van der Waals surface area contributed by atoms with Crippen LogP contribution in [0.1, 0.15) is 34.3 Å². The number of benzene rings is 2. The molecule has 0 radical (unpaired) electrons. The number of carbonyl (C=O) groups is 1. The number of fused-ring (bicyclic) bond motifs is 1. The monoisotopic (exact) mass is 407 g/mol. The molecule has 4 rings (SSSR count). The highest BCUT2D eigenvalue weighted by atomic mass is 19.4. The van der Waals surface area contributed by atoms with Gasteiger partial charge in [-0.25, -0.2) is 0 Å². The largest absolute Gasteiger partial charge is 0.454 e. The number of carbonyl (C=O) groups excluding carboxylic acids is 1. The Hall–Kier alpha value is -2.74. The van der Waals surface area contributed by atoms with Crippen molar-refractivity contribution >= 4 is 5.91 Å². The predicted molar refractivity (Wildman–Crippen MR) is 98.1 cm³/mol. The van der Waals surface area contributed by atoms with Crippen molar-refractivity contribution < 1.29 is 32.2 Å². The Morgan fingerprint density at radius 3 is 2.38 bits per heavy atom. The average molecular weight is 407 g/mol. The van der Waals surface area contributed by atoms with Gasteiger partial charge in [-0.15, -0.1) is 0 Å². The van der Waals surface area contributed by atoms with E-state index in [0.29, 0.717) is 44.1 Å². The van der Waals surface area contributed by atoms with Crippen molar-refractivity contribution in [3.05, 3.63) is 59.2 Å². The Morgan fingerprint density at radius 1 is 1.00 bits per heavy atom. The lowest BCUT2D eigenvalue weighted by Crippen LogP contribution is -2.44. The van der Waals surface area contributed by atoms with Gasteiger partial charge < -0.3 is 19.5 Å². The molecular weight excluding hydrogens is 387 g/mol. The van der Waals surface area contributed by atoms with Crippen molar-refractivity contribution in [2.45, 2.75) is 24.4 Å². The third-order valence-corrected chi connectivity index (χ3v) is 5.50. The minimum absolute atomic E-state index is 0.180. The van der Waals surface area contributed by atoms with E-state index in [-0.39, 0.29) is 17.8 Å². The summed E-state index contributed by atoms with van der Waals surface area (Å²) in [5.41, 5.74) is 0.0693. The van der Waals surface area contributed by atoms with E-state index >= 15 is 0 Å². The second-order valence-corrected chi connectivity index (χ2v) is 7.22. The molecule has 1 fully saturated rings. The van der Waals surface area contributed by atoms with Crippen molar-refractivity contribution in [2.75, 3.05) is 26.6 Å². The first kappa shape index (κ1) is 19.6. The first-order chi connectivity index (χ1) is 13.9. The number of hydrogen-bond donors (Lipinski definition) is 1. The molecule has 0 bridgehead atoms. The summed E-state index contributed by atoms with van der Waals surface area (Å²) in [5, 5.41) is 2.89. The number of hydrogen-bond acceptors (Lipinski definition) is 4. The second kappa shape index (κ2) is 7.59. The number of alkyl halides is 3. The fourth-order valence-electron chi connectivity index (χ4n) is 3.72. The van der Waals surface area contributed by atoms with Crippen LogP contribution in [0.15, 0.2) is 42.5 Å². The second-order valence-electron chi connectivity index (χ2n) is 7.22. The highest BCUT2D eigenvalue weighted by molar-refractivity contribution is 5.94. The maximum Gasteiger partial charge on any atom is 0.416 e. The standard InChI is InChI=1S/C21H20F3NO4/c22-21(23,24)15-3-1-14(2-4-15)19(26)25-12-20(7-9-27-10-8-20)16-5-6-17-18(11-16)29-13-28-17/h1-6,11H,7-10,12-13H2,(H,25,26). The van der Waals surface area contributed by atoms with Crippen molar-refractivity contribution in [3.63, 3.8) is 0 Å². The molecule has 1 N–H and O–H groups in total. The summed E-state index contributed by atoms with van der Waals surface area (Å²) in [6.07, 6.45) is -3.01. The van der Waals surface area contributed by atoms with E-state index in [1.165, 1.54) is 12.1 Å². The Morgan fingerprint density at radius 2 is 1.69 bits per heavy atom. The van der Waals surface area contributed by atoms with Crippen molar-refractivity contribution in [2.24, 2.45) is 0 Å². The summed E-state index contributed by atoms with van der Waals surface area (Å²) < 4.78 is 54.5. The van der Waals surface area contributed by atoms with Crippen LogP contribution in [0.2, 0.25) is 0 Å². The maximum absolute atomic E-state index is 12.7. The lowest BCUT2D eigenvalue weighted by Gasteiger charge is -2.38. The zero-order chi connectivity index (χ0) is 20.5. The van der Waals surface area contributed by atoms with Gasteiger partial charge in [0.2, 0.25) is 6.79 Å². The summed E-state index contributed by atoms with van der Waals surface area (Å²) in [4.78, 5) is 12.5. The zero-order valence-electron chi connectivity index (χ0n) is 15.6. The fraction of sp³-hybridized carbons (Fsp3) is 0.381. The summed E-state index contributed by atoms with van der Waals surface area (Å²) in [5.74, 6) is 0.942. The minimum atomic E-state index is -4.43. The molecule has 1 saturated heterocycles. The zero-order valence-corrected chi connectivity index (χ0v) is 15.6. The molecule has 29 heavy (non-hydrogen) atoms. The molecule has 154 valence electrons. The van der Waals surface area contributed by atoms with Gasteiger partial charge in [0, 0.05) is 30.7 Å². The van der Waals surface area contributed by atoms with Crippen LogP contribution in [0.3, 0.4) is 0 Å². The van der Waals surface area contributed by atoms with E-state index < -0.39 is 17.6 Å². The van der Waals surface area contributed by atoms with Crippen LogP contribution in [0.25, 0.3) is 0 Å². The Kier molecular flexibility index (Phi) is 5.12. The number of ether oxygens (including phenoxy) is 3. The molecule has 0 aliphatic carbocycles. The van der Waals surface area contributed by atoms with Gasteiger partial charge in [-0.3, -0.25) is 4.79 Å². The molecule has 0 spiro atoms. The van der Waals surface area contributed by atoms with Gasteiger partial charge in [-0.05, 0) is 54.8 Å². The molecule has 5 nitrogen and oxygen atoms in total. The minimum Gasteiger partial charge on any atom is -0.454 e. The van der Waals surface area contributed by atoms with Crippen LogP contribution < -0.4 is 14.8 Å². The van der Waals surface area contributed by atoms with E-state index in [2.05, 4.69) is 5.32 Å². The highest BCUT2D eigenvalue weighted by Crippen LogP contribution is 2.40. The van der Waals surface area contributed by atoms with Crippen molar-refractivity contribution in [3.8, 4) is 11.5 Å². The Bertz CT molecular complexity index is 890. The van der Waals surface area contributed by atoms with Crippen LogP contribution in [0.5, 0.6) is 11.5 Å². The lowest BCUT2D eigenvalue weighted by molar-refractivity contribution is -0.137. The number of halogens is 3. The summed E-state index contributed by atoms with van der Waals surface area (Å²) in [6.45, 7) is 1.64. The van der Waals surface area contributed by atoms with Gasteiger partial charge in [0.15, 0.2) is 11.5 Å². The first-order valence-corrected chi connectivity index (χ1v) is 9.31. The fourth-order valence-corrected chi connectivity index (χ4v) is 3.72. The topological polar surface area (TPSA) is 56.8 Å². The number of nitrogens with one attached hydrogen (secondary N) is 1. The Labute approximate surface area is 165 Å². The van der Waals surface area contributed by atoms with Gasteiger partial charge in [0.25, 0.3) is 5.91 Å². The molecule has 0 saturated carbocycles. The van der Waals surface area contributed by atoms with E-state index in [1.54, 1.807) is 0 Å². The smallest absolute Gasteiger partial charge is 0.416 e. The Balaban J connectivity index is 1.51. The quantitative estimate of drug-likeness (QED) is 0.835. The predicted octanol–water partition coefficient (Wildman–Crippen LogP) is 3.91. The van der Waals surface area contributed by atoms with Crippen molar-refractivity contribution in [1.82, 2.24) is 5.32 Å². The molecule has 0 aromatic heterocycles. The molecule has 0 atom stereocenters. The van der Waals surface area contributed by atoms with Crippen LogP contribution >= 0.6 is 0 Å². The van der Waals surface area contributed by atoms with Crippen LogP contribution in [0, 0.1) is 0 Å². The number of rotatable bonds is 4. The summed E-state index contributed by atoms with van der Waals surface area (Å²) >= 11 is 0. The lowest BCUT2D eigenvalue weighted by atomic mass is 9.74. The van der Waals surface area contributed by atoms with E-state index in [1.807, 2.05) is 18.2 Å². The van der Waals surface area contributed by atoms with E-state index in [0.717, 1.165) is 17.7 Å². The normalized spacial score (nSPS) is 17.8. The van der Waals surface area contributed by atoms with Gasteiger partial charge in [0.1, 0.15) is 0 Å². The molecule has 8 heteroatoms. The molecule has 2 aliphatic rings. The molecule has 2 aliphatic heterocycles. The summed E-state index contributed by atoms with van der Waals surface area (Å²) in [6, 6.07) is 9.95. The maximum atomic E-state index is 12.7. The third-order valence-electron chi connectivity index (χ3n) is 5.50. The van der Waals surface area contributed by atoms with Gasteiger partial charge in [-0.1, -0.05) is 6.07 Å². The molecule has 2 aromatic rings. The highest BCUT2D eigenvalue weighted by Gasteiger charge is 2.36. The van der Waals surface area contributed by atoms with Crippen LogP contribution in [0.4, 0.5) is 13.2 Å². The first-order valence-electron chi connectivity index (χ1n) is 9.31. The van der Waals surface area contributed by atoms with Crippen LogP contribution in [-0.4, -0.2) is 32.5 Å². The number of amides is 1. The molecular formula is C21H20F3NO4. The van der Waals surface area contributed by atoms with Gasteiger partial charge in [-0.2, -0.15) is 13.2 Å². The summed E-state index contributed by atoms with van der Waals surface area (Å²) in [7, 11) is 0. The van der Waals surface area contributed by atoms with E-state index in [9.17, 15) is 18.0 Å². The molecule has 0 unspecified atom stereocenters.